The van der Waals surface area contributed by atoms with Crippen LogP contribution in [0.4, 0.5) is 0 Å². The van der Waals surface area contributed by atoms with E-state index in [4.69, 9.17) is 21.5 Å². The molecule has 1 aromatic rings. The van der Waals surface area contributed by atoms with Crippen LogP contribution in [0.15, 0.2) is 23.4 Å². The van der Waals surface area contributed by atoms with Gasteiger partial charge in [0.05, 0.1) is 6.61 Å². The van der Waals surface area contributed by atoms with Crippen molar-refractivity contribution in [2.75, 3.05) is 20.3 Å². The molecule has 0 unspecified atom stereocenters. The van der Waals surface area contributed by atoms with Crippen molar-refractivity contribution in [1.82, 2.24) is 5.32 Å². The number of halogens is 1. The first kappa shape index (κ1) is 14.3. The van der Waals surface area contributed by atoms with Crippen molar-refractivity contribution in [2.45, 2.75) is 0 Å². The number of hydrogen-bond donors (Lipinski definition) is 3. The molecule has 1 rings (SSSR count). The Balaban J connectivity index is 2.86. The highest BCUT2D eigenvalue weighted by Crippen LogP contribution is 2.20. The summed E-state index contributed by atoms with van der Waals surface area (Å²) in [5.74, 6) is -0.709. The molecule has 0 radical (unpaired) electrons. The van der Waals surface area contributed by atoms with E-state index >= 15 is 0 Å². The maximum atomic E-state index is 11.7. The van der Waals surface area contributed by atoms with Crippen LogP contribution in [0, 0.1) is 0 Å². The smallest absolute Gasteiger partial charge is 0.274 e. The van der Waals surface area contributed by atoms with Gasteiger partial charge in [-0.3, -0.25) is 4.79 Å². The van der Waals surface area contributed by atoms with Crippen LogP contribution in [0.5, 0.6) is 5.75 Å². The Labute approximate surface area is 109 Å². The number of amides is 1. The molecule has 98 valence electrons. The van der Waals surface area contributed by atoms with Gasteiger partial charge in [0.1, 0.15) is 5.75 Å². The minimum absolute atomic E-state index is 0.122. The average molecular weight is 273 g/mol. The molecule has 0 bridgehead atoms. The van der Waals surface area contributed by atoms with Crippen LogP contribution in [-0.2, 0) is 9.53 Å². The van der Waals surface area contributed by atoms with Crippen LogP contribution in [0.1, 0.15) is 5.56 Å². The fourth-order valence-electron chi connectivity index (χ4n) is 1.30. The highest BCUT2D eigenvalue weighted by atomic mass is 35.5. The molecule has 1 aromatic carbocycles. The van der Waals surface area contributed by atoms with Crippen LogP contribution < -0.4 is 5.32 Å². The van der Waals surface area contributed by atoms with E-state index in [-0.39, 0.29) is 28.6 Å². The molecule has 0 spiro atoms. The number of hydrogen-bond acceptors (Lipinski definition) is 5. The van der Waals surface area contributed by atoms with E-state index < -0.39 is 5.91 Å². The summed E-state index contributed by atoms with van der Waals surface area (Å²) in [6.07, 6.45) is 0. The highest BCUT2D eigenvalue weighted by Gasteiger charge is 2.15. The van der Waals surface area contributed by atoms with Crippen molar-refractivity contribution in [1.29, 1.82) is 0 Å². The predicted molar refractivity (Wildman–Crippen MR) is 66.3 cm³/mol. The molecule has 1 amide bonds. The summed E-state index contributed by atoms with van der Waals surface area (Å²) in [6, 6.07) is 3.99. The van der Waals surface area contributed by atoms with Gasteiger partial charge < -0.3 is 20.4 Å². The maximum Gasteiger partial charge on any atom is 0.274 e. The van der Waals surface area contributed by atoms with Gasteiger partial charge >= 0.3 is 0 Å². The Morgan fingerprint density at radius 1 is 1.50 bits per heavy atom. The number of carbonyl (C=O) groups is 1. The van der Waals surface area contributed by atoms with Crippen molar-refractivity contribution in [3.63, 3.8) is 0 Å². The number of rotatable bonds is 5. The lowest BCUT2D eigenvalue weighted by molar-refractivity contribution is -0.115. The molecule has 0 aliphatic rings. The molecule has 0 aliphatic carbocycles. The van der Waals surface area contributed by atoms with Gasteiger partial charge in [0.2, 0.25) is 0 Å². The molecule has 0 aliphatic heterocycles. The van der Waals surface area contributed by atoms with Gasteiger partial charge in [-0.15, -0.1) is 0 Å². The Kier molecular flexibility index (Phi) is 5.41. The monoisotopic (exact) mass is 272 g/mol. The fraction of sp³-hybridized carbons (Fsp3) is 0.273. The maximum absolute atomic E-state index is 11.7. The summed E-state index contributed by atoms with van der Waals surface area (Å²) < 4.78 is 4.77. The highest BCUT2D eigenvalue weighted by molar-refractivity contribution is 6.45. The van der Waals surface area contributed by atoms with E-state index in [2.05, 4.69) is 10.5 Å². The Bertz CT molecular complexity index is 442. The molecule has 6 nitrogen and oxygen atoms in total. The second-order valence-corrected chi connectivity index (χ2v) is 3.83. The Morgan fingerprint density at radius 3 is 2.78 bits per heavy atom. The molecule has 3 N–H and O–H groups in total. The van der Waals surface area contributed by atoms with Crippen LogP contribution in [0.3, 0.4) is 0 Å². The molecular weight excluding hydrogens is 260 g/mol. The first-order valence-corrected chi connectivity index (χ1v) is 5.45. The molecular formula is C11H13ClN2O4. The number of phenols is 1. The van der Waals surface area contributed by atoms with Crippen molar-refractivity contribution in [2.24, 2.45) is 5.16 Å². The number of nitrogens with one attached hydrogen (secondary N) is 1. The minimum Gasteiger partial charge on any atom is -0.508 e. The molecule has 0 saturated heterocycles. The summed E-state index contributed by atoms with van der Waals surface area (Å²) in [5.41, 5.74) is -0.0127. The van der Waals surface area contributed by atoms with Gasteiger partial charge in [-0.2, -0.15) is 0 Å². The summed E-state index contributed by atoms with van der Waals surface area (Å²) in [6.45, 7) is 0.617. The normalized spacial score (nSPS) is 11.3. The molecule has 7 heteroatoms. The zero-order chi connectivity index (χ0) is 13.5. The summed E-state index contributed by atoms with van der Waals surface area (Å²) >= 11 is 5.73. The van der Waals surface area contributed by atoms with Gasteiger partial charge in [-0.25, -0.2) is 0 Å². The Hall–Kier alpha value is -1.79. The van der Waals surface area contributed by atoms with E-state index in [9.17, 15) is 9.90 Å². The third-order valence-corrected chi connectivity index (χ3v) is 2.28. The van der Waals surface area contributed by atoms with Crippen molar-refractivity contribution < 1.29 is 19.8 Å². The minimum atomic E-state index is -0.587. The Morgan fingerprint density at radius 2 is 2.22 bits per heavy atom. The van der Waals surface area contributed by atoms with Crippen molar-refractivity contribution in [3.05, 3.63) is 28.8 Å². The number of methoxy groups -OCH3 is 1. The number of carbonyl (C=O) groups excluding carboxylic acids is 1. The zero-order valence-corrected chi connectivity index (χ0v) is 10.4. The second-order valence-electron chi connectivity index (χ2n) is 3.40. The van der Waals surface area contributed by atoms with Gasteiger partial charge in [-0.05, 0) is 18.2 Å². The number of oxime groups is 1. The summed E-state index contributed by atoms with van der Waals surface area (Å²) in [4.78, 5) is 11.7. The fourth-order valence-corrected chi connectivity index (χ4v) is 1.52. The van der Waals surface area contributed by atoms with E-state index in [1.165, 1.54) is 25.3 Å². The number of aromatic hydroxyl groups is 1. The number of nitrogens with zero attached hydrogens (tertiary/aromatic N) is 1. The van der Waals surface area contributed by atoms with Crippen LogP contribution in [0.2, 0.25) is 5.02 Å². The first-order valence-electron chi connectivity index (χ1n) is 5.07. The molecule has 0 saturated carbocycles. The SMILES string of the molecule is COCCNC(=O)/C(=N\O)c1cc(O)cc(Cl)c1. The molecule has 0 aromatic heterocycles. The largest absolute Gasteiger partial charge is 0.508 e. The molecule has 18 heavy (non-hydrogen) atoms. The first-order chi connectivity index (χ1) is 8.58. The summed E-state index contributed by atoms with van der Waals surface area (Å²) in [7, 11) is 1.50. The summed E-state index contributed by atoms with van der Waals surface area (Å²) in [5, 5.41) is 23.9. The molecule has 0 fully saturated rings. The lowest BCUT2D eigenvalue weighted by Gasteiger charge is -2.07. The van der Waals surface area contributed by atoms with Crippen LogP contribution >= 0.6 is 11.6 Å². The number of benzene rings is 1. The second kappa shape index (κ2) is 6.83. The predicted octanol–water partition coefficient (Wildman–Crippen LogP) is 0.986. The third kappa shape index (κ3) is 3.90. The topological polar surface area (TPSA) is 91.2 Å². The van der Waals surface area contributed by atoms with Crippen molar-refractivity contribution in [3.8, 4) is 5.75 Å². The van der Waals surface area contributed by atoms with E-state index in [0.717, 1.165) is 0 Å². The van der Waals surface area contributed by atoms with Gasteiger partial charge in [-0.1, -0.05) is 16.8 Å². The molecule has 0 heterocycles. The number of ether oxygens (including phenoxy) is 1. The lowest BCUT2D eigenvalue weighted by Crippen LogP contribution is -2.34. The van der Waals surface area contributed by atoms with Crippen LogP contribution in [0.25, 0.3) is 0 Å². The zero-order valence-electron chi connectivity index (χ0n) is 9.68. The molecule has 0 atom stereocenters. The quantitative estimate of drug-likeness (QED) is 0.323. The van der Waals surface area contributed by atoms with E-state index in [1.807, 2.05) is 0 Å². The number of phenolic OH excluding ortho intramolecular Hbond substituents is 1. The van der Waals surface area contributed by atoms with Gasteiger partial charge in [0.25, 0.3) is 5.91 Å². The van der Waals surface area contributed by atoms with E-state index in [0.29, 0.717) is 6.61 Å². The van der Waals surface area contributed by atoms with Gasteiger partial charge in [0.15, 0.2) is 5.71 Å². The third-order valence-electron chi connectivity index (χ3n) is 2.06. The average Bonchev–Trinajstić information content (AvgIpc) is 2.29. The standard InChI is InChI=1S/C11H13ClN2O4/c1-18-3-2-13-11(16)10(14-17)7-4-8(12)6-9(15)5-7/h4-6,15,17H,2-3H2,1H3,(H,13,16)/b14-10-. The van der Waals surface area contributed by atoms with Crippen LogP contribution in [-0.4, -0.2) is 42.2 Å². The van der Waals surface area contributed by atoms with E-state index in [1.54, 1.807) is 0 Å². The van der Waals surface area contributed by atoms with Gasteiger partial charge in [0, 0.05) is 24.2 Å². The lowest BCUT2D eigenvalue weighted by atomic mass is 10.1. The van der Waals surface area contributed by atoms with Crippen molar-refractivity contribution >= 4 is 23.2 Å².